The summed E-state index contributed by atoms with van der Waals surface area (Å²) >= 11 is 0. The van der Waals surface area contributed by atoms with Crippen LogP contribution in [0.25, 0.3) is 11.0 Å². The van der Waals surface area contributed by atoms with Crippen molar-refractivity contribution in [2.24, 2.45) is 0 Å². The predicted octanol–water partition coefficient (Wildman–Crippen LogP) is 2.25. The third kappa shape index (κ3) is 0.589. The Labute approximate surface area is 59.2 Å². The molecule has 0 atom stereocenters. The van der Waals surface area contributed by atoms with Crippen LogP contribution in [-0.2, 0) is 0 Å². The minimum absolute atomic E-state index is 0. The van der Waals surface area contributed by atoms with Gasteiger partial charge in [0, 0.05) is 5.39 Å². The van der Waals surface area contributed by atoms with Gasteiger partial charge in [0.05, 0.1) is 6.26 Å². The molecule has 0 spiro atoms. The van der Waals surface area contributed by atoms with Crippen molar-refractivity contribution in [1.82, 2.24) is 0 Å². The Morgan fingerprint density at radius 3 is 3.00 bits per heavy atom. The Hall–Kier alpha value is -1.44. The molecule has 10 heavy (non-hydrogen) atoms. The average molecular weight is 135 g/mol. The molecular weight excluding hydrogens is 128 g/mol. The summed E-state index contributed by atoms with van der Waals surface area (Å²) in [6, 6.07) is 7.09. The number of benzene rings is 1. The first-order chi connectivity index (χ1) is 4.88. The van der Waals surface area contributed by atoms with Gasteiger partial charge in [-0.25, -0.2) is 0 Å². The zero-order chi connectivity index (χ0) is 6.97. The van der Waals surface area contributed by atoms with E-state index in [-0.39, 0.29) is 7.18 Å². The summed E-state index contributed by atoms with van der Waals surface area (Å²) < 4.78 is 5.00. The maximum Gasteiger partial charge on any atom is 1.00 e. The number of rotatable bonds is 0. The zero-order valence-electron chi connectivity index (χ0n) is 6.24. The highest BCUT2D eigenvalue weighted by Crippen LogP contribution is 2.24. The largest absolute Gasteiger partial charge is 1.00 e. The van der Waals surface area contributed by atoms with Crippen molar-refractivity contribution in [3.05, 3.63) is 30.5 Å². The van der Waals surface area contributed by atoms with Crippen LogP contribution in [0.4, 0.5) is 0 Å². The van der Waals surface area contributed by atoms with E-state index in [9.17, 15) is 0 Å². The molecule has 2 nitrogen and oxygen atoms in total. The molecule has 2 rings (SSSR count). The summed E-state index contributed by atoms with van der Waals surface area (Å²) in [6.45, 7) is 0. The van der Waals surface area contributed by atoms with Gasteiger partial charge in [-0.15, -0.1) is 0 Å². The molecule has 0 aliphatic carbocycles. The van der Waals surface area contributed by atoms with Crippen molar-refractivity contribution in [3.8, 4) is 5.75 Å². The molecule has 0 saturated heterocycles. The van der Waals surface area contributed by atoms with E-state index in [0.29, 0.717) is 5.58 Å². The van der Waals surface area contributed by atoms with Crippen molar-refractivity contribution in [2.45, 2.75) is 0 Å². The fourth-order valence-electron chi connectivity index (χ4n) is 0.977. The maximum atomic E-state index is 9.17. The second-order valence-electron chi connectivity index (χ2n) is 2.12. The number of fused-ring (bicyclic) bond motifs is 1. The summed E-state index contributed by atoms with van der Waals surface area (Å²) in [6.07, 6.45) is 1.56. The standard InChI is InChI=1S/C8H6O2/c9-7-3-1-2-6-4-5-10-8(6)7/h1-5,9H/p+1. The van der Waals surface area contributed by atoms with Crippen molar-refractivity contribution in [1.29, 1.82) is 0 Å². The van der Waals surface area contributed by atoms with Gasteiger partial charge in [-0.2, -0.15) is 0 Å². The first-order valence-corrected chi connectivity index (χ1v) is 3.03. The van der Waals surface area contributed by atoms with E-state index in [1.54, 1.807) is 18.4 Å². The van der Waals surface area contributed by atoms with E-state index in [1.807, 2.05) is 12.1 Å². The highest BCUT2D eigenvalue weighted by atomic mass is 16.3. The van der Waals surface area contributed by atoms with Crippen LogP contribution in [0.1, 0.15) is 1.43 Å². The molecule has 50 valence electrons. The first-order valence-electron chi connectivity index (χ1n) is 3.03. The number of para-hydroxylation sites is 1. The van der Waals surface area contributed by atoms with Crippen molar-refractivity contribution in [2.75, 3.05) is 0 Å². The fourth-order valence-corrected chi connectivity index (χ4v) is 0.977. The lowest BCUT2D eigenvalue weighted by atomic mass is 10.2. The number of aromatic hydroxyl groups is 1. The summed E-state index contributed by atoms with van der Waals surface area (Å²) in [7, 11) is 0. The smallest absolute Gasteiger partial charge is 0.504 e. The van der Waals surface area contributed by atoms with E-state index >= 15 is 0 Å². The first kappa shape index (κ1) is 5.35. The number of phenolic OH excluding ortho intramolecular Hbond substituents is 1. The molecule has 0 radical (unpaired) electrons. The van der Waals surface area contributed by atoms with Gasteiger partial charge in [-0.05, 0) is 12.1 Å². The van der Waals surface area contributed by atoms with E-state index in [4.69, 9.17) is 9.52 Å². The number of phenols is 1. The Morgan fingerprint density at radius 2 is 2.20 bits per heavy atom. The van der Waals surface area contributed by atoms with Gasteiger partial charge >= 0.3 is 1.43 Å². The van der Waals surface area contributed by atoms with Crippen LogP contribution in [-0.4, -0.2) is 5.11 Å². The maximum absolute atomic E-state index is 9.17. The van der Waals surface area contributed by atoms with Crippen LogP contribution < -0.4 is 0 Å². The number of furan rings is 1. The van der Waals surface area contributed by atoms with Gasteiger partial charge in [-0.3, -0.25) is 0 Å². The fraction of sp³-hybridized carbons (Fsp3) is 0. The molecule has 0 amide bonds. The van der Waals surface area contributed by atoms with Crippen molar-refractivity contribution < 1.29 is 11.0 Å². The number of hydrogen-bond acceptors (Lipinski definition) is 2. The van der Waals surface area contributed by atoms with Crippen LogP contribution in [0.2, 0.25) is 0 Å². The molecule has 0 unspecified atom stereocenters. The molecular formula is C8H7O2+. The normalized spacial score (nSPS) is 10.4. The average Bonchev–Trinajstić information content (AvgIpc) is 2.36. The lowest BCUT2D eigenvalue weighted by molar-refractivity contribution is 0.465. The van der Waals surface area contributed by atoms with Crippen LogP contribution in [0.5, 0.6) is 5.75 Å². The molecule has 1 aromatic carbocycles. The molecule has 0 saturated carbocycles. The minimum atomic E-state index is 0. The summed E-state index contributed by atoms with van der Waals surface area (Å²) in [5.74, 6) is 0.197. The second-order valence-corrected chi connectivity index (χ2v) is 2.12. The minimum Gasteiger partial charge on any atom is -0.504 e. The predicted molar refractivity (Wildman–Crippen MR) is 39.0 cm³/mol. The Bertz CT molecular complexity index is 354. The highest BCUT2D eigenvalue weighted by Gasteiger charge is 1.99. The molecule has 0 aliphatic heterocycles. The third-order valence-corrected chi connectivity index (χ3v) is 1.46. The van der Waals surface area contributed by atoms with Crippen LogP contribution in [0.15, 0.2) is 34.9 Å². The zero-order valence-corrected chi connectivity index (χ0v) is 5.24. The van der Waals surface area contributed by atoms with Gasteiger partial charge in [0.25, 0.3) is 0 Å². The van der Waals surface area contributed by atoms with Gasteiger partial charge in [0.2, 0.25) is 0 Å². The lowest BCUT2D eigenvalue weighted by Gasteiger charge is -1.89. The summed E-state index contributed by atoms with van der Waals surface area (Å²) in [5.41, 5.74) is 0.558. The molecule has 0 bridgehead atoms. The van der Waals surface area contributed by atoms with Gasteiger partial charge in [0.1, 0.15) is 0 Å². The van der Waals surface area contributed by atoms with E-state index in [0.717, 1.165) is 5.39 Å². The molecule has 0 fully saturated rings. The molecule has 2 aromatic rings. The summed E-state index contributed by atoms with van der Waals surface area (Å²) in [5, 5.41) is 10.1. The Balaban J connectivity index is 0.000000605. The van der Waals surface area contributed by atoms with Crippen LogP contribution in [0, 0.1) is 0 Å². The summed E-state index contributed by atoms with van der Waals surface area (Å²) in [4.78, 5) is 0. The Morgan fingerprint density at radius 1 is 1.30 bits per heavy atom. The monoisotopic (exact) mass is 135 g/mol. The Kier molecular flexibility index (Phi) is 0.947. The molecule has 1 N–H and O–H groups in total. The lowest BCUT2D eigenvalue weighted by Crippen LogP contribution is -1.63. The van der Waals surface area contributed by atoms with Gasteiger partial charge in [-0.1, -0.05) is 12.1 Å². The third-order valence-electron chi connectivity index (χ3n) is 1.46. The molecule has 1 aromatic heterocycles. The van der Waals surface area contributed by atoms with Gasteiger partial charge < -0.3 is 9.52 Å². The molecule has 1 heterocycles. The number of hydrogen-bond donors (Lipinski definition) is 1. The molecule has 0 aliphatic rings. The quantitative estimate of drug-likeness (QED) is 0.601. The van der Waals surface area contributed by atoms with E-state index in [1.165, 1.54) is 0 Å². The van der Waals surface area contributed by atoms with E-state index in [2.05, 4.69) is 0 Å². The topological polar surface area (TPSA) is 33.4 Å². The van der Waals surface area contributed by atoms with E-state index < -0.39 is 0 Å². The molecule has 2 heteroatoms. The van der Waals surface area contributed by atoms with Gasteiger partial charge in [0.15, 0.2) is 11.3 Å². The SMILES string of the molecule is Oc1cccc2ccoc12.[H+]. The van der Waals surface area contributed by atoms with Crippen molar-refractivity contribution in [3.63, 3.8) is 0 Å². The van der Waals surface area contributed by atoms with Crippen LogP contribution >= 0.6 is 0 Å². The van der Waals surface area contributed by atoms with Crippen LogP contribution in [0.3, 0.4) is 0 Å². The van der Waals surface area contributed by atoms with Crippen molar-refractivity contribution >= 4 is 11.0 Å². The second kappa shape index (κ2) is 1.77. The highest BCUT2D eigenvalue weighted by molar-refractivity contribution is 5.82.